The first-order valence-electron chi connectivity index (χ1n) is 22.9. The van der Waals surface area contributed by atoms with Gasteiger partial charge in [0.25, 0.3) is 0 Å². The van der Waals surface area contributed by atoms with E-state index in [1.807, 2.05) is 24.3 Å². The minimum atomic E-state index is -1.10. The molecule has 20 heteroatoms. The highest BCUT2D eigenvalue weighted by Gasteiger charge is 2.19. The third-order valence-corrected chi connectivity index (χ3v) is 15.2. The van der Waals surface area contributed by atoms with Gasteiger partial charge < -0.3 is 0 Å². The molecular weight excluding hydrogens is 1150 g/mol. The van der Waals surface area contributed by atoms with E-state index in [4.69, 9.17) is 0 Å². The van der Waals surface area contributed by atoms with E-state index in [2.05, 4.69) is 73.9 Å². The predicted molar refractivity (Wildman–Crippen MR) is 314 cm³/mol. The van der Waals surface area contributed by atoms with E-state index in [0.29, 0.717) is 34.6 Å². The topological polar surface area (TPSA) is 0 Å². The van der Waals surface area contributed by atoms with Crippen molar-refractivity contribution in [2.75, 3.05) is 0 Å². The first-order chi connectivity index (χ1) is 36.3. The van der Waals surface area contributed by atoms with Crippen LogP contribution in [0, 0.1) is 69.8 Å². The Balaban J connectivity index is 0.000000187. The van der Waals surface area contributed by atoms with Crippen LogP contribution in [-0.2, 0) is 49.3 Å². The average Bonchev–Trinajstić information content (AvgIpc) is 3.40. The maximum atomic E-state index is 13.9. The minimum Gasteiger partial charge on any atom is -0.207 e. The second-order valence-corrected chi connectivity index (χ2v) is 19.8. The summed E-state index contributed by atoms with van der Waals surface area (Å²) in [4.78, 5) is 0. The molecule has 400 valence electrons. The van der Waals surface area contributed by atoms with Crippen molar-refractivity contribution < 1.29 is 52.7 Å². The smallest absolute Gasteiger partial charge is 0.166 e. The van der Waals surface area contributed by atoms with Crippen LogP contribution >= 0.6 is 73.9 Å². The minimum absolute atomic E-state index is 0.00395. The van der Waals surface area contributed by atoms with Gasteiger partial charge in [0, 0.05) is 33.4 Å². The van der Waals surface area contributed by atoms with Gasteiger partial charge in [-0.3, -0.25) is 0 Å². The monoisotopic (exact) mass is 1200 g/mol. The van der Waals surface area contributed by atoms with Gasteiger partial charge in [0.15, 0.2) is 11.6 Å². The molecule has 0 nitrogen and oxygen atoms in total. The van der Waals surface area contributed by atoms with E-state index in [1.54, 1.807) is 24.3 Å². The third kappa shape index (κ3) is 16.0. The molecule has 0 saturated carbocycles. The second-order valence-electron chi connectivity index (χ2n) is 16.5. The molecular formula is C56H52F12P8. The van der Waals surface area contributed by atoms with Crippen molar-refractivity contribution >= 4 is 73.9 Å². The van der Waals surface area contributed by atoms with Gasteiger partial charge in [0.05, 0.1) is 0 Å². The summed E-state index contributed by atoms with van der Waals surface area (Å²) in [5.41, 5.74) is 5.22. The van der Waals surface area contributed by atoms with E-state index in [0.717, 1.165) is 29.4 Å². The Morgan fingerprint density at radius 1 is 0.224 bits per heavy atom. The van der Waals surface area contributed by atoms with E-state index < -0.39 is 64.0 Å². The Morgan fingerprint density at radius 3 is 0.921 bits per heavy atom. The molecule has 0 spiro atoms. The zero-order chi connectivity index (χ0) is 56.0. The average molecular weight is 1200 g/mol. The number of hydrogen-bond acceptors (Lipinski definition) is 0. The normalized spacial score (nSPS) is 10.8. The molecule has 0 heterocycles. The zero-order valence-corrected chi connectivity index (χ0v) is 49.6. The molecule has 8 aromatic rings. The summed E-state index contributed by atoms with van der Waals surface area (Å²) in [6.45, 7) is 0. The summed E-state index contributed by atoms with van der Waals surface area (Å²) in [6.07, 6.45) is 3.05. The Kier molecular flexibility index (Phi) is 25.0. The van der Waals surface area contributed by atoms with Crippen molar-refractivity contribution in [3.05, 3.63) is 236 Å². The standard InChI is InChI=1S/C14H12F4P2.2C14H13F3P2.C14H14F2P2/c15-11-3-8(4-12(16)10(11)6-20)9-2-1-7(5-19)13(17)14(9)18;15-12-3-8(1-2-9(12)6-18)10-4-13(16)11(7-19)14(17)5-10;15-12-3-8(6-18)1-2-10(12)9-4-13(16)11(7-19)14(17)5-9;15-13-5-11(6-14(16)12(13)8-18)10-3-1-9(7-17)2-4-10/h1-4H,5-6,19-20H2;2*1-5H,6-7,18-19H2;1-6H,7-8,17-18H2. The lowest BCUT2D eigenvalue weighted by molar-refractivity contribution is 0.504. The summed E-state index contributed by atoms with van der Waals surface area (Å²) in [5.74, 6) is -7.99. The molecule has 8 rings (SSSR count). The Labute approximate surface area is 453 Å². The lowest BCUT2D eigenvalue weighted by Gasteiger charge is -2.10. The number of rotatable bonds is 12. The molecule has 0 radical (unpaired) electrons. The Morgan fingerprint density at radius 2 is 0.553 bits per heavy atom. The van der Waals surface area contributed by atoms with Crippen molar-refractivity contribution in [2.24, 2.45) is 0 Å². The van der Waals surface area contributed by atoms with Crippen LogP contribution in [0.1, 0.15) is 44.5 Å². The fourth-order valence-corrected chi connectivity index (χ4v) is 10.2. The van der Waals surface area contributed by atoms with Crippen molar-refractivity contribution in [1.82, 2.24) is 0 Å². The highest BCUT2D eigenvalue weighted by atomic mass is 31.0. The molecule has 0 aliphatic carbocycles. The Hall–Kier alpha value is -3.64. The van der Waals surface area contributed by atoms with Gasteiger partial charge in [-0.1, -0.05) is 60.7 Å². The van der Waals surface area contributed by atoms with E-state index >= 15 is 0 Å². The van der Waals surface area contributed by atoms with Gasteiger partial charge in [-0.25, -0.2) is 52.7 Å². The molecule has 8 unspecified atom stereocenters. The van der Waals surface area contributed by atoms with Crippen LogP contribution in [0.25, 0.3) is 44.5 Å². The molecule has 0 N–H and O–H groups in total. The quantitative estimate of drug-likeness (QED) is 0.0845. The van der Waals surface area contributed by atoms with Crippen LogP contribution in [0.4, 0.5) is 52.7 Å². The van der Waals surface area contributed by atoms with Gasteiger partial charge in [-0.15, -0.1) is 73.9 Å². The fraction of sp³-hybridized carbons (Fsp3) is 0.143. The molecule has 0 amide bonds. The highest BCUT2D eigenvalue weighted by molar-refractivity contribution is 7.16. The molecule has 0 aromatic heterocycles. The van der Waals surface area contributed by atoms with Crippen LogP contribution < -0.4 is 0 Å². The van der Waals surface area contributed by atoms with Gasteiger partial charge >= 0.3 is 0 Å². The van der Waals surface area contributed by atoms with Crippen molar-refractivity contribution in [3.8, 4) is 44.5 Å². The van der Waals surface area contributed by atoms with Crippen LogP contribution in [0.3, 0.4) is 0 Å². The van der Waals surface area contributed by atoms with E-state index in [-0.39, 0.29) is 86.7 Å². The van der Waals surface area contributed by atoms with Crippen molar-refractivity contribution in [1.29, 1.82) is 0 Å². The zero-order valence-electron chi connectivity index (χ0n) is 40.4. The SMILES string of the molecule is Fc1cc(-c2cc(F)c(CP)c(F)c2)ccc1CP.Fc1cc(-c2ccc(CP)c(F)c2F)cc(F)c1CP.Fc1cc(-c2ccc(CP)cc2)cc(F)c1CP.Fc1cc(CP)ccc1-c1cc(F)c(CP)c(F)c1. The van der Waals surface area contributed by atoms with Crippen LogP contribution in [0.5, 0.6) is 0 Å². The van der Waals surface area contributed by atoms with Crippen LogP contribution in [-0.4, -0.2) is 0 Å². The largest absolute Gasteiger partial charge is 0.207 e. The number of hydrogen-bond donors (Lipinski definition) is 0. The first kappa shape index (κ1) is 63.2. The Bertz CT molecular complexity index is 3210. The summed E-state index contributed by atoms with van der Waals surface area (Å²) < 4.78 is 165. The predicted octanol–water partition coefficient (Wildman–Crippen LogP) is 18.1. The molecule has 8 atom stereocenters. The van der Waals surface area contributed by atoms with Crippen molar-refractivity contribution in [2.45, 2.75) is 49.3 Å². The molecule has 0 bridgehead atoms. The highest BCUT2D eigenvalue weighted by Crippen LogP contribution is 2.33. The third-order valence-electron chi connectivity index (χ3n) is 11.8. The summed E-state index contributed by atoms with van der Waals surface area (Å²) in [7, 11) is 19.0. The molecule has 76 heavy (non-hydrogen) atoms. The maximum absolute atomic E-state index is 13.9. The number of halogens is 12. The number of benzene rings is 8. The van der Waals surface area contributed by atoms with Crippen LogP contribution in [0.15, 0.2) is 121 Å². The first-order valence-corrected chi connectivity index (χ1v) is 29.5. The molecule has 0 aliphatic heterocycles. The van der Waals surface area contributed by atoms with E-state index in [9.17, 15) is 52.7 Å². The van der Waals surface area contributed by atoms with Crippen molar-refractivity contribution in [3.63, 3.8) is 0 Å². The summed E-state index contributed by atoms with van der Waals surface area (Å²) >= 11 is 0. The van der Waals surface area contributed by atoms with E-state index in [1.165, 1.54) is 66.2 Å². The lowest BCUT2D eigenvalue weighted by atomic mass is 10.0. The molecule has 0 fully saturated rings. The van der Waals surface area contributed by atoms with Gasteiger partial charge in [0.1, 0.15) is 58.2 Å². The molecule has 0 saturated heterocycles. The van der Waals surface area contributed by atoms with Gasteiger partial charge in [-0.2, -0.15) is 0 Å². The second kappa shape index (κ2) is 30.1. The van der Waals surface area contributed by atoms with Gasteiger partial charge in [0.2, 0.25) is 0 Å². The maximum Gasteiger partial charge on any atom is 0.166 e. The summed E-state index contributed by atoms with van der Waals surface area (Å²) in [6, 6.07) is 29.3. The fourth-order valence-electron chi connectivity index (χ4n) is 7.45. The van der Waals surface area contributed by atoms with Crippen LogP contribution in [0.2, 0.25) is 0 Å². The lowest BCUT2D eigenvalue weighted by Crippen LogP contribution is -1.98. The molecule has 8 aromatic carbocycles. The molecule has 0 aliphatic rings. The summed E-state index contributed by atoms with van der Waals surface area (Å²) in [5, 5.41) is 0. The van der Waals surface area contributed by atoms with Gasteiger partial charge in [-0.05, 0) is 166 Å².